The topological polar surface area (TPSA) is 67.6 Å². The average molecular weight is 447 g/mol. The Bertz CT molecular complexity index is 710. The number of hydrogen-bond acceptors (Lipinski definition) is 4. The van der Waals surface area contributed by atoms with E-state index in [1.165, 1.54) is 0 Å². The number of nitrogens with one attached hydrogen (secondary N) is 1. The monoisotopic (exact) mass is 445 g/mol. The van der Waals surface area contributed by atoms with Crippen LogP contribution in [0.2, 0.25) is 5.02 Å². The van der Waals surface area contributed by atoms with Gasteiger partial charge < -0.3 is 15.8 Å². The van der Waals surface area contributed by atoms with Crippen LogP contribution in [0.4, 0.5) is 0 Å². The fourth-order valence-electron chi connectivity index (χ4n) is 3.15. The molecule has 1 fully saturated rings. The highest BCUT2D eigenvalue weighted by Gasteiger charge is 2.24. The van der Waals surface area contributed by atoms with Crippen LogP contribution in [0.25, 0.3) is 0 Å². The Balaban J connectivity index is 0.00000196. The first-order valence-corrected chi connectivity index (χ1v) is 9.18. The number of halogens is 3. The maximum absolute atomic E-state index is 12.5. The van der Waals surface area contributed by atoms with Crippen molar-refractivity contribution in [1.82, 2.24) is 10.2 Å². The van der Waals surface area contributed by atoms with Crippen molar-refractivity contribution in [2.45, 2.75) is 12.1 Å². The molecule has 0 saturated carbocycles. The number of rotatable bonds is 6. The highest BCUT2D eigenvalue weighted by molar-refractivity contribution is 6.30. The van der Waals surface area contributed by atoms with Crippen molar-refractivity contribution in [2.24, 2.45) is 5.73 Å². The van der Waals surface area contributed by atoms with Crippen molar-refractivity contribution in [1.29, 1.82) is 0 Å². The summed E-state index contributed by atoms with van der Waals surface area (Å²) in [6.45, 7) is 3.53. The second kappa shape index (κ2) is 12.3. The molecule has 1 heterocycles. The Kier molecular flexibility index (Phi) is 10.8. The molecule has 2 atom stereocenters. The maximum atomic E-state index is 12.5. The third-order valence-corrected chi connectivity index (χ3v) is 4.90. The molecule has 3 N–H and O–H groups in total. The lowest BCUT2D eigenvalue weighted by molar-refractivity contribution is -0.122. The number of benzene rings is 2. The molecule has 1 amide bonds. The van der Waals surface area contributed by atoms with Crippen LogP contribution < -0.4 is 11.1 Å². The first-order chi connectivity index (χ1) is 12.6. The summed E-state index contributed by atoms with van der Waals surface area (Å²) in [5.41, 5.74) is 8.02. The molecule has 2 unspecified atom stereocenters. The van der Waals surface area contributed by atoms with Crippen LogP contribution in [0.1, 0.15) is 23.2 Å². The Hall–Kier alpha value is -1.34. The van der Waals surface area contributed by atoms with Crippen LogP contribution >= 0.6 is 36.4 Å². The lowest BCUT2D eigenvalue weighted by Crippen LogP contribution is -2.45. The Morgan fingerprint density at radius 3 is 2.25 bits per heavy atom. The van der Waals surface area contributed by atoms with Crippen molar-refractivity contribution < 1.29 is 9.53 Å². The van der Waals surface area contributed by atoms with Gasteiger partial charge in [0.2, 0.25) is 5.91 Å². The lowest BCUT2D eigenvalue weighted by Gasteiger charge is -2.35. The number of morpholine rings is 1. The molecule has 28 heavy (non-hydrogen) atoms. The van der Waals surface area contributed by atoms with E-state index < -0.39 is 6.04 Å². The molecule has 2 aromatic carbocycles. The number of nitrogens with two attached hydrogens (primary N) is 1. The summed E-state index contributed by atoms with van der Waals surface area (Å²) in [6.07, 6.45) is 0. The molecule has 8 heteroatoms. The minimum atomic E-state index is -0.674. The fourth-order valence-corrected chi connectivity index (χ4v) is 3.28. The van der Waals surface area contributed by atoms with E-state index in [0.717, 1.165) is 24.2 Å². The predicted molar refractivity (Wildman–Crippen MR) is 117 cm³/mol. The zero-order chi connectivity index (χ0) is 18.4. The fraction of sp³-hybridized carbons (Fsp3) is 0.350. The van der Waals surface area contributed by atoms with Crippen LogP contribution in [0.5, 0.6) is 0 Å². The zero-order valence-electron chi connectivity index (χ0n) is 15.4. The molecular weight excluding hydrogens is 421 g/mol. The van der Waals surface area contributed by atoms with E-state index in [0.29, 0.717) is 24.8 Å². The smallest absolute Gasteiger partial charge is 0.241 e. The quantitative estimate of drug-likeness (QED) is 0.714. The molecule has 0 radical (unpaired) electrons. The van der Waals surface area contributed by atoms with Gasteiger partial charge in [-0.25, -0.2) is 0 Å². The molecule has 0 aromatic heterocycles. The molecule has 0 spiro atoms. The van der Waals surface area contributed by atoms with E-state index in [1.807, 2.05) is 54.6 Å². The maximum Gasteiger partial charge on any atom is 0.241 e. The van der Waals surface area contributed by atoms with Crippen molar-refractivity contribution >= 4 is 42.3 Å². The second-order valence-corrected chi connectivity index (χ2v) is 6.79. The molecule has 0 bridgehead atoms. The molecule has 154 valence electrons. The van der Waals surface area contributed by atoms with E-state index >= 15 is 0 Å². The van der Waals surface area contributed by atoms with E-state index in [4.69, 9.17) is 22.1 Å². The summed E-state index contributed by atoms with van der Waals surface area (Å²) in [4.78, 5) is 14.8. The first kappa shape index (κ1) is 24.7. The standard InChI is InChI=1S/C20H24ClN3O2.2ClH/c21-17-8-6-15(7-9-17)18(24-10-12-26-13-11-24)14-23-20(25)19(22)16-4-2-1-3-5-16;;/h1-9,18-19H,10-14,22H2,(H,23,25);2*1H. The molecule has 1 aliphatic heterocycles. The lowest BCUT2D eigenvalue weighted by atomic mass is 10.0. The first-order valence-electron chi connectivity index (χ1n) is 8.80. The van der Waals surface area contributed by atoms with Crippen molar-refractivity contribution in [3.63, 3.8) is 0 Å². The van der Waals surface area contributed by atoms with Gasteiger partial charge in [0.25, 0.3) is 0 Å². The van der Waals surface area contributed by atoms with Gasteiger partial charge in [0.15, 0.2) is 0 Å². The van der Waals surface area contributed by atoms with Crippen LogP contribution in [-0.2, 0) is 9.53 Å². The number of carbonyl (C=O) groups excluding carboxylic acids is 1. The Labute approximate surface area is 183 Å². The minimum Gasteiger partial charge on any atom is -0.379 e. The summed E-state index contributed by atoms with van der Waals surface area (Å²) >= 11 is 6.02. The molecule has 1 aliphatic rings. The summed E-state index contributed by atoms with van der Waals surface area (Å²) in [6, 6.07) is 16.5. The highest BCUT2D eigenvalue weighted by atomic mass is 35.5. The Morgan fingerprint density at radius 2 is 1.64 bits per heavy atom. The van der Waals surface area contributed by atoms with E-state index in [-0.39, 0.29) is 36.8 Å². The molecule has 3 rings (SSSR count). The Morgan fingerprint density at radius 1 is 1.04 bits per heavy atom. The number of amides is 1. The summed E-state index contributed by atoms with van der Waals surface area (Å²) < 4.78 is 5.46. The zero-order valence-corrected chi connectivity index (χ0v) is 17.8. The number of hydrogen-bond donors (Lipinski definition) is 2. The molecule has 5 nitrogen and oxygen atoms in total. The normalized spacial score (nSPS) is 16.2. The number of ether oxygens (including phenoxy) is 1. The van der Waals surface area contributed by atoms with Crippen LogP contribution in [-0.4, -0.2) is 43.7 Å². The van der Waals surface area contributed by atoms with Crippen LogP contribution in [0.15, 0.2) is 54.6 Å². The molecule has 2 aromatic rings. The summed E-state index contributed by atoms with van der Waals surface area (Å²) in [5, 5.41) is 3.71. The van der Waals surface area contributed by atoms with Crippen molar-refractivity contribution in [2.75, 3.05) is 32.8 Å². The van der Waals surface area contributed by atoms with Gasteiger partial charge in [0.1, 0.15) is 6.04 Å². The van der Waals surface area contributed by atoms with Gasteiger partial charge in [-0.2, -0.15) is 0 Å². The largest absolute Gasteiger partial charge is 0.379 e. The van der Waals surface area contributed by atoms with Gasteiger partial charge in [-0.1, -0.05) is 54.1 Å². The summed E-state index contributed by atoms with van der Waals surface area (Å²) in [7, 11) is 0. The highest BCUT2D eigenvalue weighted by Crippen LogP contribution is 2.23. The van der Waals surface area contributed by atoms with Gasteiger partial charge in [0.05, 0.1) is 19.3 Å². The van der Waals surface area contributed by atoms with Crippen LogP contribution in [0.3, 0.4) is 0 Å². The predicted octanol–water partition coefficient (Wildman–Crippen LogP) is 3.37. The van der Waals surface area contributed by atoms with Gasteiger partial charge in [-0.3, -0.25) is 9.69 Å². The molecule has 0 aliphatic carbocycles. The van der Waals surface area contributed by atoms with Crippen LogP contribution in [0, 0.1) is 0 Å². The third-order valence-electron chi connectivity index (χ3n) is 4.65. The van der Waals surface area contributed by atoms with Gasteiger partial charge >= 0.3 is 0 Å². The molecular formula is C20H26Cl3N3O2. The molecule has 1 saturated heterocycles. The number of carbonyl (C=O) groups is 1. The summed E-state index contributed by atoms with van der Waals surface area (Å²) in [5.74, 6) is -0.177. The van der Waals surface area contributed by atoms with Gasteiger partial charge in [0, 0.05) is 24.7 Å². The van der Waals surface area contributed by atoms with Crippen molar-refractivity contribution in [3.05, 3.63) is 70.7 Å². The number of nitrogens with zero attached hydrogens (tertiary/aromatic N) is 1. The minimum absolute atomic E-state index is 0. The van der Waals surface area contributed by atoms with Gasteiger partial charge in [-0.05, 0) is 23.3 Å². The van der Waals surface area contributed by atoms with Crippen molar-refractivity contribution in [3.8, 4) is 0 Å². The van der Waals surface area contributed by atoms with E-state index in [1.54, 1.807) is 0 Å². The average Bonchev–Trinajstić information content (AvgIpc) is 2.70. The SMILES string of the molecule is Cl.Cl.NC(C(=O)NCC(c1ccc(Cl)cc1)N1CCOCC1)c1ccccc1. The second-order valence-electron chi connectivity index (χ2n) is 6.35. The van der Waals surface area contributed by atoms with E-state index in [2.05, 4.69) is 10.2 Å². The van der Waals surface area contributed by atoms with Gasteiger partial charge in [-0.15, -0.1) is 24.8 Å². The third kappa shape index (κ3) is 6.62. The van der Waals surface area contributed by atoms with E-state index in [9.17, 15) is 4.79 Å².